The van der Waals surface area contributed by atoms with Crippen molar-refractivity contribution in [2.24, 2.45) is 0 Å². The summed E-state index contributed by atoms with van der Waals surface area (Å²) in [6.07, 6.45) is 3.69. The predicted octanol–water partition coefficient (Wildman–Crippen LogP) is 3.35. The van der Waals surface area contributed by atoms with Gasteiger partial charge in [0.2, 0.25) is 0 Å². The first kappa shape index (κ1) is 13.1. The van der Waals surface area contributed by atoms with Crippen LogP contribution in [0.3, 0.4) is 0 Å². The summed E-state index contributed by atoms with van der Waals surface area (Å²) >= 11 is 9.64. The molecule has 2 rings (SSSR count). The van der Waals surface area contributed by atoms with E-state index in [0.29, 0.717) is 5.88 Å². The van der Waals surface area contributed by atoms with Crippen molar-refractivity contribution >= 4 is 33.3 Å². The van der Waals surface area contributed by atoms with Gasteiger partial charge in [0.1, 0.15) is 5.82 Å². The third kappa shape index (κ3) is 3.12. The summed E-state index contributed by atoms with van der Waals surface area (Å²) in [6, 6.07) is 2.05. The Morgan fingerprint density at radius 2 is 2.24 bits per heavy atom. The molecule has 0 saturated carbocycles. The van der Waals surface area contributed by atoms with Gasteiger partial charge >= 0.3 is 0 Å². The summed E-state index contributed by atoms with van der Waals surface area (Å²) in [5, 5.41) is 3.47. The molecule has 3 nitrogen and oxygen atoms in total. The van der Waals surface area contributed by atoms with Crippen LogP contribution in [0.4, 0.5) is 5.82 Å². The van der Waals surface area contributed by atoms with Crippen LogP contribution in [0.2, 0.25) is 0 Å². The Bertz CT molecular complexity index is 394. The number of hydrogen-bond donors (Lipinski definition) is 1. The lowest BCUT2D eigenvalue weighted by molar-refractivity contribution is 0.0666. The van der Waals surface area contributed by atoms with Gasteiger partial charge in [-0.2, -0.15) is 0 Å². The van der Waals surface area contributed by atoms with E-state index in [2.05, 4.69) is 32.3 Å². The molecule has 17 heavy (non-hydrogen) atoms. The Kier molecular flexibility index (Phi) is 4.28. The van der Waals surface area contributed by atoms with E-state index in [9.17, 15) is 0 Å². The number of aryl methyl sites for hydroxylation is 1. The van der Waals surface area contributed by atoms with Crippen LogP contribution in [0, 0.1) is 6.92 Å². The van der Waals surface area contributed by atoms with Gasteiger partial charge in [-0.25, -0.2) is 4.98 Å². The van der Waals surface area contributed by atoms with Crippen molar-refractivity contribution in [1.82, 2.24) is 4.98 Å². The molecule has 0 radical (unpaired) electrons. The summed E-state index contributed by atoms with van der Waals surface area (Å²) in [6.45, 7) is 3.53. The lowest BCUT2D eigenvalue weighted by Crippen LogP contribution is -2.45. The van der Waals surface area contributed by atoms with E-state index in [1.807, 2.05) is 13.1 Å². The number of aromatic nitrogens is 1. The highest BCUT2D eigenvalue weighted by molar-refractivity contribution is 9.10. The van der Waals surface area contributed by atoms with Crippen LogP contribution in [-0.2, 0) is 4.74 Å². The fraction of sp³-hybridized carbons (Fsp3) is 0.583. The van der Waals surface area contributed by atoms with Crippen LogP contribution in [0.15, 0.2) is 16.7 Å². The van der Waals surface area contributed by atoms with Crippen molar-refractivity contribution in [3.63, 3.8) is 0 Å². The SMILES string of the molecule is Cc1cnc(NC2(CCl)CCOCC2)c(Br)c1. The zero-order chi connectivity index (χ0) is 12.3. The summed E-state index contributed by atoms with van der Waals surface area (Å²) in [7, 11) is 0. The monoisotopic (exact) mass is 318 g/mol. The quantitative estimate of drug-likeness (QED) is 0.868. The Hall–Kier alpha value is -0.320. The molecule has 1 fully saturated rings. The molecule has 1 aliphatic heterocycles. The maximum atomic E-state index is 6.11. The Morgan fingerprint density at radius 1 is 1.53 bits per heavy atom. The highest BCUT2D eigenvalue weighted by Gasteiger charge is 2.32. The van der Waals surface area contributed by atoms with Gasteiger partial charge in [-0.05, 0) is 47.3 Å². The smallest absolute Gasteiger partial charge is 0.140 e. The third-order valence-electron chi connectivity index (χ3n) is 3.07. The molecule has 1 aliphatic rings. The van der Waals surface area contributed by atoms with Gasteiger partial charge < -0.3 is 10.1 Å². The molecule has 94 valence electrons. The molecule has 1 saturated heterocycles. The zero-order valence-electron chi connectivity index (χ0n) is 9.80. The third-order valence-corrected chi connectivity index (χ3v) is 4.18. The Balaban J connectivity index is 2.17. The molecule has 1 N–H and O–H groups in total. The molecular weight excluding hydrogens is 304 g/mol. The molecule has 5 heteroatoms. The number of ether oxygens (including phenoxy) is 1. The maximum Gasteiger partial charge on any atom is 0.140 e. The largest absolute Gasteiger partial charge is 0.381 e. The number of alkyl halides is 1. The number of rotatable bonds is 3. The number of nitrogens with zero attached hydrogens (tertiary/aromatic N) is 1. The number of nitrogens with one attached hydrogen (secondary N) is 1. The van der Waals surface area contributed by atoms with Crippen LogP contribution < -0.4 is 5.32 Å². The predicted molar refractivity (Wildman–Crippen MR) is 73.8 cm³/mol. The van der Waals surface area contributed by atoms with E-state index < -0.39 is 0 Å². The summed E-state index contributed by atoms with van der Waals surface area (Å²) in [4.78, 5) is 4.41. The second-order valence-corrected chi connectivity index (χ2v) is 5.62. The molecule has 1 aromatic rings. The first-order valence-corrected chi connectivity index (χ1v) is 7.02. The van der Waals surface area contributed by atoms with Crippen LogP contribution in [-0.4, -0.2) is 29.6 Å². The van der Waals surface area contributed by atoms with E-state index in [-0.39, 0.29) is 5.54 Å². The van der Waals surface area contributed by atoms with Crippen molar-refractivity contribution in [1.29, 1.82) is 0 Å². The lowest BCUT2D eigenvalue weighted by Gasteiger charge is -2.37. The first-order valence-electron chi connectivity index (χ1n) is 5.69. The molecule has 0 aliphatic carbocycles. The van der Waals surface area contributed by atoms with Crippen molar-refractivity contribution in [3.05, 3.63) is 22.3 Å². The number of halogens is 2. The summed E-state index contributed by atoms with van der Waals surface area (Å²) in [5.41, 5.74) is 1.04. The molecular formula is C12H16BrClN2O. The number of pyridine rings is 1. The van der Waals surface area contributed by atoms with E-state index in [1.54, 1.807) is 0 Å². The minimum atomic E-state index is -0.0927. The van der Waals surface area contributed by atoms with Gasteiger partial charge in [-0.3, -0.25) is 0 Å². The van der Waals surface area contributed by atoms with Crippen LogP contribution in [0.5, 0.6) is 0 Å². The topological polar surface area (TPSA) is 34.2 Å². The van der Waals surface area contributed by atoms with Gasteiger partial charge in [0.05, 0.1) is 10.0 Å². The molecule has 2 heterocycles. The highest BCUT2D eigenvalue weighted by atomic mass is 79.9. The van der Waals surface area contributed by atoms with Crippen LogP contribution in [0.1, 0.15) is 18.4 Å². The van der Waals surface area contributed by atoms with Gasteiger partial charge in [-0.15, -0.1) is 11.6 Å². The van der Waals surface area contributed by atoms with E-state index in [4.69, 9.17) is 16.3 Å². The lowest BCUT2D eigenvalue weighted by atomic mass is 9.92. The molecule has 0 bridgehead atoms. The standard InChI is InChI=1S/C12H16BrClN2O/c1-9-6-10(13)11(15-7-9)16-12(8-14)2-4-17-5-3-12/h6-7H,2-5,8H2,1H3,(H,15,16). The molecule has 0 aromatic carbocycles. The second-order valence-electron chi connectivity index (χ2n) is 4.49. The minimum Gasteiger partial charge on any atom is -0.381 e. The maximum absolute atomic E-state index is 6.11. The van der Waals surface area contributed by atoms with Gasteiger partial charge in [0.15, 0.2) is 0 Å². The normalized spacial score (nSPS) is 19.0. The summed E-state index contributed by atoms with van der Waals surface area (Å²) in [5.74, 6) is 1.43. The Labute approximate surface area is 115 Å². The first-order chi connectivity index (χ1) is 8.15. The van der Waals surface area contributed by atoms with Gasteiger partial charge in [0, 0.05) is 25.3 Å². The molecule has 0 unspecified atom stereocenters. The minimum absolute atomic E-state index is 0.0927. The van der Waals surface area contributed by atoms with Crippen molar-refractivity contribution in [2.45, 2.75) is 25.3 Å². The highest BCUT2D eigenvalue weighted by Crippen LogP contribution is 2.30. The average Bonchev–Trinajstić information content (AvgIpc) is 2.34. The van der Waals surface area contributed by atoms with Crippen molar-refractivity contribution < 1.29 is 4.74 Å². The second kappa shape index (κ2) is 5.55. The molecule has 0 amide bonds. The Morgan fingerprint density at radius 3 is 2.82 bits per heavy atom. The van der Waals surface area contributed by atoms with Gasteiger partial charge in [0.25, 0.3) is 0 Å². The number of anilines is 1. The van der Waals surface area contributed by atoms with Crippen LogP contribution in [0.25, 0.3) is 0 Å². The fourth-order valence-electron chi connectivity index (χ4n) is 1.93. The molecule has 0 spiro atoms. The van der Waals surface area contributed by atoms with Gasteiger partial charge in [-0.1, -0.05) is 0 Å². The number of hydrogen-bond acceptors (Lipinski definition) is 3. The molecule has 1 aromatic heterocycles. The zero-order valence-corrected chi connectivity index (χ0v) is 12.1. The molecule has 0 atom stereocenters. The fourth-order valence-corrected chi connectivity index (χ4v) is 2.83. The van der Waals surface area contributed by atoms with Crippen molar-refractivity contribution in [3.8, 4) is 0 Å². The van der Waals surface area contributed by atoms with E-state index in [1.165, 1.54) is 0 Å². The van der Waals surface area contributed by atoms with E-state index in [0.717, 1.165) is 41.9 Å². The van der Waals surface area contributed by atoms with Crippen LogP contribution >= 0.6 is 27.5 Å². The van der Waals surface area contributed by atoms with E-state index >= 15 is 0 Å². The average molecular weight is 320 g/mol. The van der Waals surface area contributed by atoms with Crippen molar-refractivity contribution in [2.75, 3.05) is 24.4 Å². The summed E-state index contributed by atoms with van der Waals surface area (Å²) < 4.78 is 6.36.